The summed E-state index contributed by atoms with van der Waals surface area (Å²) in [6.45, 7) is -1.11. The molecule has 0 aliphatic carbocycles. The number of halogens is 6. The van der Waals surface area contributed by atoms with E-state index in [4.69, 9.17) is 4.74 Å². The Bertz CT molecular complexity index is 1220. The minimum absolute atomic E-state index is 0.118. The van der Waals surface area contributed by atoms with E-state index in [1.54, 1.807) is 6.08 Å². The smallest absolute Gasteiger partial charge is 0.377 e. The number of hydrogen-bond donors (Lipinski definition) is 1. The fraction of sp³-hybridized carbons (Fsp3) is 0.364. The molecule has 1 N–H and O–H groups in total. The van der Waals surface area contributed by atoms with Crippen molar-refractivity contribution in [2.75, 3.05) is 19.8 Å². The lowest BCUT2D eigenvalue weighted by atomic mass is 9.93. The molecule has 2 heterocycles. The van der Waals surface area contributed by atoms with Crippen LogP contribution in [0.15, 0.2) is 47.5 Å². The number of sulfonamides is 1. The minimum Gasteiger partial charge on any atom is -0.377 e. The van der Waals surface area contributed by atoms with Crippen LogP contribution in [0.1, 0.15) is 28.8 Å². The van der Waals surface area contributed by atoms with Gasteiger partial charge in [0, 0.05) is 24.7 Å². The number of rotatable bonds is 8. The molecule has 1 aliphatic heterocycles. The summed E-state index contributed by atoms with van der Waals surface area (Å²) in [6.07, 6.45) is -7.08. The van der Waals surface area contributed by atoms with Gasteiger partial charge in [0.25, 0.3) is 0 Å². The zero-order chi connectivity index (χ0) is 25.9. The van der Waals surface area contributed by atoms with Crippen molar-refractivity contribution in [3.63, 3.8) is 0 Å². The lowest BCUT2D eigenvalue weighted by Crippen LogP contribution is -2.33. The molecule has 1 aromatic heterocycles. The zero-order valence-electron chi connectivity index (χ0n) is 18.0. The number of benzene rings is 1. The van der Waals surface area contributed by atoms with Gasteiger partial charge in [0.05, 0.1) is 23.7 Å². The summed E-state index contributed by atoms with van der Waals surface area (Å²) >= 11 is 0. The normalized spacial score (nSPS) is 15.1. The van der Waals surface area contributed by atoms with Gasteiger partial charge in [0.2, 0.25) is 10.0 Å². The van der Waals surface area contributed by atoms with Crippen molar-refractivity contribution in [3.8, 4) is 0 Å². The highest BCUT2D eigenvalue weighted by molar-refractivity contribution is 7.89. The van der Waals surface area contributed by atoms with Crippen molar-refractivity contribution < 1.29 is 44.3 Å². The Labute approximate surface area is 197 Å². The van der Waals surface area contributed by atoms with Gasteiger partial charge >= 0.3 is 12.4 Å². The summed E-state index contributed by atoms with van der Waals surface area (Å²) in [4.78, 5) is 16.0. The number of nitrogens with zero attached hydrogens (tertiary/aromatic N) is 1. The number of pyridine rings is 1. The highest BCUT2D eigenvalue weighted by Gasteiger charge is 2.31. The van der Waals surface area contributed by atoms with Crippen molar-refractivity contribution >= 4 is 21.4 Å². The Morgan fingerprint density at radius 1 is 1.06 bits per heavy atom. The quantitative estimate of drug-likeness (QED) is 0.528. The van der Waals surface area contributed by atoms with E-state index in [1.807, 2.05) is 0 Å². The molecular weight excluding hydrogens is 502 g/mol. The number of ketones is 1. The van der Waals surface area contributed by atoms with E-state index in [0.29, 0.717) is 18.6 Å². The van der Waals surface area contributed by atoms with Gasteiger partial charge in [-0.3, -0.25) is 9.78 Å². The predicted molar refractivity (Wildman–Crippen MR) is 113 cm³/mol. The molecule has 1 aromatic carbocycles. The van der Waals surface area contributed by atoms with Gasteiger partial charge in [-0.1, -0.05) is 12.1 Å². The lowest BCUT2D eigenvalue weighted by Gasteiger charge is -2.18. The Balaban J connectivity index is 1.90. The van der Waals surface area contributed by atoms with Crippen molar-refractivity contribution in [1.29, 1.82) is 0 Å². The van der Waals surface area contributed by atoms with E-state index in [9.17, 15) is 39.6 Å². The number of aromatic nitrogens is 1. The van der Waals surface area contributed by atoms with Gasteiger partial charge in [-0.15, -0.1) is 0 Å². The first-order chi connectivity index (χ1) is 16.2. The Hall–Kier alpha value is -2.77. The highest BCUT2D eigenvalue weighted by Crippen LogP contribution is 2.30. The lowest BCUT2D eigenvalue weighted by molar-refractivity contribution is -0.137. The number of hydrogen-bond acceptors (Lipinski definition) is 5. The van der Waals surface area contributed by atoms with Crippen LogP contribution in [0, 0.1) is 0 Å². The van der Waals surface area contributed by atoms with E-state index in [-0.39, 0.29) is 24.3 Å². The topological polar surface area (TPSA) is 85.4 Å². The number of ether oxygens (including phenoxy) is 1. The van der Waals surface area contributed by atoms with Crippen LogP contribution in [0.5, 0.6) is 0 Å². The molecule has 0 amide bonds. The molecule has 13 heteroatoms. The third-order valence-corrected chi connectivity index (χ3v) is 6.47. The molecule has 0 radical (unpaired) electrons. The van der Waals surface area contributed by atoms with Gasteiger partial charge in [0.15, 0.2) is 0 Å². The maximum atomic E-state index is 12.9. The molecule has 6 nitrogen and oxygen atoms in total. The Morgan fingerprint density at radius 2 is 1.80 bits per heavy atom. The van der Waals surface area contributed by atoms with E-state index < -0.39 is 51.6 Å². The highest BCUT2D eigenvalue weighted by atomic mass is 32.2. The number of Topliss-reactive ketones (excluding diaryl/α,β-unsaturated/α-hetero) is 1. The summed E-state index contributed by atoms with van der Waals surface area (Å²) in [5, 5.41) is 0. The third kappa shape index (κ3) is 7.61. The van der Waals surface area contributed by atoms with Crippen molar-refractivity contribution in [2.45, 2.75) is 36.5 Å². The van der Waals surface area contributed by atoms with Crippen molar-refractivity contribution in [2.24, 2.45) is 0 Å². The fourth-order valence-corrected chi connectivity index (χ4v) is 4.52. The average Bonchev–Trinajstić information content (AvgIpc) is 2.77. The first-order valence-electron chi connectivity index (χ1n) is 10.2. The summed E-state index contributed by atoms with van der Waals surface area (Å²) in [7, 11) is -4.54. The molecule has 0 spiro atoms. The van der Waals surface area contributed by atoms with Crippen LogP contribution < -0.4 is 4.72 Å². The van der Waals surface area contributed by atoms with Crippen LogP contribution in [0.25, 0.3) is 5.57 Å². The molecule has 0 fully saturated rings. The molecule has 3 rings (SSSR count). The van der Waals surface area contributed by atoms with Gasteiger partial charge in [-0.05, 0) is 47.4 Å². The van der Waals surface area contributed by atoms with E-state index in [2.05, 4.69) is 4.98 Å². The fourth-order valence-electron chi connectivity index (χ4n) is 3.46. The number of carbonyl (C=O) groups excluding carboxylic acids is 1. The first-order valence-corrected chi connectivity index (χ1v) is 11.7. The molecule has 0 saturated carbocycles. The SMILES string of the molecule is O=C(Cc1cc(C(F)(F)F)ccn1)Cc1cc(S(=O)(=O)NCC(F)(F)F)ccc1C1=CCOCC1. The van der Waals surface area contributed by atoms with Gasteiger partial charge < -0.3 is 4.74 Å². The van der Waals surface area contributed by atoms with E-state index in [1.165, 1.54) is 10.8 Å². The first kappa shape index (κ1) is 26.8. The van der Waals surface area contributed by atoms with E-state index in [0.717, 1.165) is 36.0 Å². The molecule has 0 saturated heterocycles. The number of alkyl halides is 6. The predicted octanol–water partition coefficient (Wildman–Crippen LogP) is 4.10. The summed E-state index contributed by atoms with van der Waals surface area (Å²) in [5.41, 5.74) is 0.390. The number of nitrogens with one attached hydrogen (secondary N) is 1. The molecule has 2 aromatic rings. The zero-order valence-corrected chi connectivity index (χ0v) is 18.9. The van der Waals surface area contributed by atoms with Crippen LogP contribution in [-0.4, -0.2) is 45.1 Å². The second-order valence-corrected chi connectivity index (χ2v) is 9.51. The van der Waals surface area contributed by atoms with Gasteiger partial charge in [-0.2, -0.15) is 26.3 Å². The van der Waals surface area contributed by atoms with Crippen molar-refractivity contribution in [3.05, 3.63) is 65.0 Å². The summed E-state index contributed by atoms with van der Waals surface area (Å²) < 4.78 is 108. The Kier molecular flexibility index (Phi) is 8.02. The molecule has 0 unspecified atom stereocenters. The molecule has 190 valence electrons. The second-order valence-electron chi connectivity index (χ2n) is 7.74. The standard InChI is InChI=1S/C22H20F6N2O4S/c23-21(24,25)13-30-35(32,33)19-1-2-20(14-4-7-34-8-5-14)15(10-19)9-18(31)12-17-11-16(3-6-29-17)22(26,27)28/h1-4,6,10-11,30H,5,7-9,12-13H2. The van der Waals surface area contributed by atoms with Crippen LogP contribution in [0.2, 0.25) is 0 Å². The summed E-state index contributed by atoms with van der Waals surface area (Å²) in [5.74, 6) is -0.552. The van der Waals surface area contributed by atoms with Crippen LogP contribution in [-0.2, 0) is 38.6 Å². The second kappa shape index (κ2) is 10.5. The average molecular weight is 522 g/mol. The molecule has 35 heavy (non-hydrogen) atoms. The maximum Gasteiger partial charge on any atom is 0.416 e. The minimum atomic E-state index is -4.77. The van der Waals surface area contributed by atoms with Gasteiger partial charge in [0.1, 0.15) is 12.3 Å². The largest absolute Gasteiger partial charge is 0.416 e. The van der Waals surface area contributed by atoms with Gasteiger partial charge in [-0.25, -0.2) is 13.1 Å². The Morgan fingerprint density at radius 3 is 2.43 bits per heavy atom. The van der Waals surface area contributed by atoms with Crippen LogP contribution in [0.3, 0.4) is 0 Å². The van der Waals surface area contributed by atoms with Crippen LogP contribution >= 0.6 is 0 Å². The summed E-state index contributed by atoms with van der Waals surface area (Å²) in [6, 6.07) is 5.15. The molecule has 0 bridgehead atoms. The monoisotopic (exact) mass is 522 g/mol. The third-order valence-electron chi connectivity index (χ3n) is 5.07. The number of carbonyl (C=O) groups is 1. The molecular formula is C22H20F6N2O4S. The van der Waals surface area contributed by atoms with Crippen LogP contribution in [0.4, 0.5) is 26.3 Å². The van der Waals surface area contributed by atoms with Crippen molar-refractivity contribution in [1.82, 2.24) is 9.71 Å². The molecule has 1 aliphatic rings. The maximum absolute atomic E-state index is 12.9. The molecule has 0 atom stereocenters. The van der Waals surface area contributed by atoms with E-state index >= 15 is 0 Å².